The Hall–Kier alpha value is -3.78. The Labute approximate surface area is 292 Å². The minimum atomic E-state index is -1.05. The van der Waals surface area contributed by atoms with E-state index in [1.54, 1.807) is 12.1 Å². The largest absolute Gasteiger partial charge is 0.508 e. The number of ether oxygens (including phenoxy) is 1. The monoisotopic (exact) mass is 775 g/mol. The summed E-state index contributed by atoms with van der Waals surface area (Å²) in [4.78, 5) is 33.6. The first-order valence-corrected chi connectivity index (χ1v) is 17.2. The van der Waals surface area contributed by atoms with Crippen molar-refractivity contribution in [3.63, 3.8) is 0 Å². The number of halogens is 2. The summed E-state index contributed by atoms with van der Waals surface area (Å²) in [5.41, 5.74) is 2.63. The van der Waals surface area contributed by atoms with Crippen LogP contribution in [0.15, 0.2) is 42.7 Å². The van der Waals surface area contributed by atoms with Gasteiger partial charge < -0.3 is 39.6 Å². The lowest BCUT2D eigenvalue weighted by molar-refractivity contribution is -0.131. The van der Waals surface area contributed by atoms with E-state index in [0.29, 0.717) is 51.6 Å². The summed E-state index contributed by atoms with van der Waals surface area (Å²) in [5.74, 6) is -0.993. The number of phenols is 1. The Balaban J connectivity index is 1.33. The molecule has 0 radical (unpaired) electrons. The van der Waals surface area contributed by atoms with Crippen LogP contribution in [0.5, 0.6) is 11.8 Å². The first kappa shape index (κ1) is 34.1. The molecule has 3 aromatic rings. The second-order valence-corrected chi connectivity index (χ2v) is 13.7. The number of hydrogen-bond donors (Lipinski definition) is 3. The number of fused-ring (bicyclic) bond motifs is 2. The molecule has 0 bridgehead atoms. The molecule has 48 heavy (non-hydrogen) atoms. The topological polar surface area (TPSA) is 130 Å². The molecule has 254 valence electrons. The molecule has 4 heterocycles. The van der Waals surface area contributed by atoms with E-state index in [9.17, 15) is 24.5 Å². The fraction of sp³-hybridized carbons (Fsp3) is 0.471. The van der Waals surface area contributed by atoms with Gasteiger partial charge in [0, 0.05) is 65.0 Å². The zero-order valence-corrected chi connectivity index (χ0v) is 28.7. The quantitative estimate of drug-likeness (QED) is 0.161. The Bertz CT molecular complexity index is 1740. The van der Waals surface area contributed by atoms with Gasteiger partial charge in [0.05, 0.1) is 24.9 Å². The molecule has 0 saturated carbocycles. The van der Waals surface area contributed by atoms with Crippen molar-refractivity contribution in [3.05, 3.63) is 69.0 Å². The summed E-state index contributed by atoms with van der Waals surface area (Å²) in [6, 6.07) is 9.23. The first-order valence-electron chi connectivity index (χ1n) is 16.1. The number of rotatable bonds is 10. The van der Waals surface area contributed by atoms with Gasteiger partial charge in [0.2, 0.25) is 6.54 Å². The van der Waals surface area contributed by atoms with Crippen molar-refractivity contribution in [2.24, 2.45) is 0 Å². The van der Waals surface area contributed by atoms with Crippen molar-refractivity contribution in [3.8, 4) is 11.8 Å². The number of benzene rings is 2. The van der Waals surface area contributed by atoms with Gasteiger partial charge in [-0.25, -0.2) is 11.0 Å². The zero-order chi connectivity index (χ0) is 33.9. The predicted molar refractivity (Wildman–Crippen MR) is 188 cm³/mol. The third-order valence-electron chi connectivity index (χ3n) is 9.39. The van der Waals surface area contributed by atoms with E-state index in [1.807, 2.05) is 23.1 Å². The van der Waals surface area contributed by atoms with E-state index >= 15 is 0 Å². The fourth-order valence-corrected chi connectivity index (χ4v) is 7.87. The molecule has 3 N–H and O–H groups in total. The van der Waals surface area contributed by atoms with Crippen LogP contribution >= 0.6 is 22.6 Å². The third kappa shape index (κ3) is 7.14. The van der Waals surface area contributed by atoms with Gasteiger partial charge >= 0.3 is 6.01 Å². The lowest BCUT2D eigenvalue weighted by atomic mass is 10.0. The van der Waals surface area contributed by atoms with E-state index in [4.69, 9.17) is 21.3 Å². The van der Waals surface area contributed by atoms with Gasteiger partial charge in [-0.1, -0.05) is 18.7 Å². The number of aliphatic hydroxyl groups excluding tert-OH is 2. The molecule has 2 fully saturated rings. The summed E-state index contributed by atoms with van der Waals surface area (Å²) >= 11 is 2.32. The van der Waals surface area contributed by atoms with Crippen LogP contribution in [0.25, 0.3) is 15.6 Å². The number of aromatic nitrogens is 2. The van der Waals surface area contributed by atoms with Gasteiger partial charge in [-0.15, -0.1) is 0 Å². The standard InChI is InChI=1S/C34H39FIN7O5/c1-21(35)33(47)43-12-11-42(16-24(43)15-37-2)32-27-8-10-41(30-14-25(45)13-22-5-3-7-28(36)31(22)30)18-29(27)38-34(39-32)48-20-23-6-4-9-40(23)17-26(46)19-44/h3,5,7,13-14,23-24,26,44-46H,1,4,6,8-12,15-20H2/t23-,24-,26?/m0/s1/i36+4. The van der Waals surface area contributed by atoms with Crippen molar-refractivity contribution >= 4 is 50.8 Å². The van der Waals surface area contributed by atoms with Crippen LogP contribution in [0, 0.1) is 10.1 Å². The molecule has 0 aliphatic carbocycles. The van der Waals surface area contributed by atoms with E-state index in [-0.39, 0.29) is 37.5 Å². The molecule has 3 aliphatic rings. The number of nitrogens with zero attached hydrogens (tertiary/aromatic N) is 7. The first-order chi connectivity index (χ1) is 23.2. The van der Waals surface area contributed by atoms with Crippen LogP contribution in [-0.4, -0.2) is 118 Å². The second-order valence-electron chi connectivity index (χ2n) is 12.5. The Morgan fingerprint density at radius 1 is 1.19 bits per heavy atom. The highest BCUT2D eigenvalue weighted by Gasteiger charge is 2.37. The minimum absolute atomic E-state index is 0.0142. The van der Waals surface area contributed by atoms with Crippen LogP contribution in [0.4, 0.5) is 15.9 Å². The van der Waals surface area contributed by atoms with Crippen molar-refractivity contribution in [2.75, 3.05) is 68.8 Å². The molecular formula is C34H39FIN7O5. The zero-order valence-electron chi connectivity index (χ0n) is 26.6. The molecule has 1 unspecified atom stereocenters. The van der Waals surface area contributed by atoms with Crippen molar-refractivity contribution in [1.82, 2.24) is 19.8 Å². The van der Waals surface area contributed by atoms with Crippen LogP contribution in [0.1, 0.15) is 24.1 Å². The summed E-state index contributed by atoms with van der Waals surface area (Å²) < 4.78 is 21.2. The number of hydrogen-bond acceptors (Lipinski definition) is 10. The molecule has 1 aromatic heterocycles. The lowest BCUT2D eigenvalue weighted by Crippen LogP contribution is -2.57. The van der Waals surface area contributed by atoms with Crippen molar-refractivity contribution in [2.45, 2.75) is 44.0 Å². The number of aliphatic hydroxyl groups is 2. The van der Waals surface area contributed by atoms with E-state index in [0.717, 1.165) is 50.7 Å². The van der Waals surface area contributed by atoms with Gasteiger partial charge in [-0.05, 0) is 65.9 Å². The summed E-state index contributed by atoms with van der Waals surface area (Å²) in [5, 5.41) is 32.0. The minimum Gasteiger partial charge on any atom is -0.508 e. The van der Waals surface area contributed by atoms with Gasteiger partial charge in [0.15, 0.2) is 5.83 Å². The number of anilines is 2. The van der Waals surface area contributed by atoms with Gasteiger partial charge in [0.25, 0.3) is 5.91 Å². The fourth-order valence-electron chi connectivity index (χ4n) is 7.07. The van der Waals surface area contributed by atoms with Crippen molar-refractivity contribution < 1.29 is 29.2 Å². The average Bonchev–Trinajstić information content (AvgIpc) is 3.52. The molecule has 1 amide bonds. The number of phenolic OH excluding ortho intramolecular Hbond substituents is 1. The van der Waals surface area contributed by atoms with Crippen molar-refractivity contribution in [1.29, 1.82) is 0 Å². The van der Waals surface area contributed by atoms with E-state index in [2.05, 4.69) is 43.8 Å². The number of β-amino-alcohol motifs (C(OH)–C–C–N with tert-alkyl or cyclic N) is 1. The number of likely N-dealkylation sites (tertiary alicyclic amines) is 1. The second kappa shape index (κ2) is 14.8. The maximum atomic E-state index is 13.9. The molecule has 14 heteroatoms. The molecule has 3 atom stereocenters. The third-order valence-corrected chi connectivity index (χ3v) is 10.3. The number of piperazine rings is 1. The molecule has 6 rings (SSSR count). The SMILES string of the molecule is [C-]#[N+]C[C@H]1CN(c2nc(OC[C@@H]3CCCN3CC(O)CO)nc3c2CCN(c2cc(O)cc4cccc([131I])c24)C3)CCN1C(=O)C(=C)F. The maximum absolute atomic E-state index is 13.9. The normalized spacial score (nSPS) is 20.4. The van der Waals surface area contributed by atoms with Gasteiger partial charge in [-0.3, -0.25) is 9.69 Å². The molecular weight excluding hydrogens is 736 g/mol. The average molecular weight is 776 g/mol. The maximum Gasteiger partial charge on any atom is 0.318 e. The summed E-state index contributed by atoms with van der Waals surface area (Å²) in [7, 11) is 0. The predicted octanol–water partition coefficient (Wildman–Crippen LogP) is 3.12. The number of carbonyl (C=O) groups is 1. The number of aromatic hydroxyl groups is 1. The Morgan fingerprint density at radius 3 is 2.79 bits per heavy atom. The highest BCUT2D eigenvalue weighted by Crippen LogP contribution is 2.38. The van der Waals surface area contributed by atoms with Crippen LogP contribution in [0.3, 0.4) is 0 Å². The molecule has 0 spiro atoms. The van der Waals surface area contributed by atoms with Crippen LogP contribution in [0.2, 0.25) is 0 Å². The highest BCUT2D eigenvalue weighted by molar-refractivity contribution is 14.1. The Morgan fingerprint density at radius 2 is 2.02 bits per heavy atom. The number of amides is 1. The molecule has 2 aromatic carbocycles. The van der Waals surface area contributed by atoms with E-state index < -0.39 is 23.9 Å². The summed E-state index contributed by atoms with van der Waals surface area (Å²) in [6.07, 6.45) is 1.60. The summed E-state index contributed by atoms with van der Waals surface area (Å²) in [6.45, 7) is 13.8. The molecule has 3 aliphatic heterocycles. The van der Waals surface area contributed by atoms with Crippen LogP contribution < -0.4 is 14.5 Å². The van der Waals surface area contributed by atoms with Gasteiger partial charge in [-0.2, -0.15) is 9.97 Å². The molecule has 2 saturated heterocycles. The highest BCUT2D eigenvalue weighted by atomic mass is 131. The lowest BCUT2D eigenvalue weighted by Gasteiger charge is -2.41. The van der Waals surface area contributed by atoms with Gasteiger partial charge in [0.1, 0.15) is 24.2 Å². The van der Waals surface area contributed by atoms with E-state index in [1.165, 1.54) is 4.90 Å². The number of carbonyl (C=O) groups excluding carboxylic acids is 1. The smallest absolute Gasteiger partial charge is 0.318 e. The Kier molecular flexibility index (Phi) is 10.5. The van der Waals surface area contributed by atoms with Crippen LogP contribution in [-0.2, 0) is 17.8 Å². The molecule has 12 nitrogen and oxygen atoms in total.